The Morgan fingerprint density at radius 3 is 2.62 bits per heavy atom. The Bertz CT molecular complexity index is 76.8. The molecule has 0 radical (unpaired) electrons. The highest BCUT2D eigenvalue weighted by atomic mass is 16.5. The van der Waals surface area contributed by atoms with Crippen LogP contribution in [0.4, 0.5) is 0 Å². The van der Waals surface area contributed by atoms with Crippen molar-refractivity contribution in [1.82, 2.24) is 5.06 Å². The molecule has 0 amide bonds. The van der Waals surface area contributed by atoms with Gasteiger partial charge in [-0.2, -0.15) is 5.06 Å². The van der Waals surface area contributed by atoms with Crippen molar-refractivity contribution in [2.45, 2.75) is 18.9 Å². The van der Waals surface area contributed by atoms with Crippen LogP contribution in [0, 0.1) is 0 Å². The van der Waals surface area contributed by atoms with Gasteiger partial charge in [0.1, 0.15) is 0 Å². The topological polar surface area (TPSA) is 43.7 Å². The van der Waals surface area contributed by atoms with Crippen molar-refractivity contribution in [2.24, 2.45) is 0 Å². The van der Waals surface area contributed by atoms with E-state index in [0.717, 1.165) is 12.8 Å². The van der Waals surface area contributed by atoms with Crippen LogP contribution in [0.5, 0.6) is 0 Å². The Kier molecular flexibility index (Phi) is 1.83. The largest absolute Gasteiger partial charge is 0.395 e. The summed E-state index contributed by atoms with van der Waals surface area (Å²) >= 11 is 0. The number of aliphatic hydroxyl groups is 1. The minimum atomic E-state index is 0.00926. The zero-order chi connectivity index (χ0) is 5.98. The van der Waals surface area contributed by atoms with Gasteiger partial charge in [-0.1, -0.05) is 0 Å². The highest BCUT2D eigenvalue weighted by molar-refractivity contribution is 4.70. The lowest BCUT2D eigenvalue weighted by molar-refractivity contribution is -0.113. The Morgan fingerprint density at radius 2 is 2.38 bits per heavy atom. The van der Waals surface area contributed by atoms with E-state index in [1.165, 1.54) is 5.06 Å². The van der Waals surface area contributed by atoms with E-state index in [1.54, 1.807) is 0 Å². The first kappa shape index (κ1) is 6.01. The number of hydrogen-bond donors (Lipinski definition) is 2. The molecule has 1 fully saturated rings. The minimum Gasteiger partial charge on any atom is -0.395 e. The van der Waals surface area contributed by atoms with Crippen LogP contribution in [0.2, 0.25) is 0 Å². The van der Waals surface area contributed by atoms with E-state index in [4.69, 9.17) is 10.3 Å². The monoisotopic (exact) mass is 117 g/mol. The van der Waals surface area contributed by atoms with Crippen molar-refractivity contribution in [1.29, 1.82) is 0 Å². The molecule has 1 saturated heterocycles. The third-order valence-corrected chi connectivity index (χ3v) is 1.56. The molecule has 1 heterocycles. The van der Waals surface area contributed by atoms with Crippen molar-refractivity contribution in [3.63, 3.8) is 0 Å². The van der Waals surface area contributed by atoms with E-state index in [-0.39, 0.29) is 12.6 Å². The molecule has 3 nitrogen and oxygen atoms in total. The first-order chi connectivity index (χ1) is 3.84. The Hall–Kier alpha value is -0.120. The zero-order valence-corrected chi connectivity index (χ0v) is 4.75. The van der Waals surface area contributed by atoms with Crippen molar-refractivity contribution < 1.29 is 10.3 Å². The van der Waals surface area contributed by atoms with Crippen LogP contribution in [0.15, 0.2) is 0 Å². The molecule has 48 valence electrons. The minimum absolute atomic E-state index is 0.00926. The molecule has 0 aromatic heterocycles. The molecule has 1 aliphatic rings. The summed E-state index contributed by atoms with van der Waals surface area (Å²) in [7, 11) is 0. The van der Waals surface area contributed by atoms with E-state index < -0.39 is 0 Å². The molecular formula is C5H11NO2. The Morgan fingerprint density at radius 1 is 1.62 bits per heavy atom. The molecule has 0 aliphatic carbocycles. The Labute approximate surface area is 48.5 Å². The highest BCUT2D eigenvalue weighted by Gasteiger charge is 2.20. The molecule has 8 heavy (non-hydrogen) atoms. The lowest BCUT2D eigenvalue weighted by atomic mass is 10.2. The molecule has 0 saturated carbocycles. The number of hydrogen-bond acceptors (Lipinski definition) is 3. The van der Waals surface area contributed by atoms with Crippen LogP contribution >= 0.6 is 0 Å². The third-order valence-electron chi connectivity index (χ3n) is 1.56. The van der Waals surface area contributed by atoms with E-state index in [0.29, 0.717) is 6.54 Å². The van der Waals surface area contributed by atoms with Crippen LogP contribution in [-0.2, 0) is 0 Å². The fourth-order valence-corrected chi connectivity index (χ4v) is 1.01. The average molecular weight is 117 g/mol. The Balaban J connectivity index is 2.30. The molecule has 1 atom stereocenters. The summed E-state index contributed by atoms with van der Waals surface area (Å²) in [6.45, 7) is 0.793. The first-order valence-corrected chi connectivity index (χ1v) is 2.91. The summed E-state index contributed by atoms with van der Waals surface area (Å²) in [6, 6.07) is 0.00926. The average Bonchev–Trinajstić information content (AvgIpc) is 2.14. The number of rotatable bonds is 1. The summed E-state index contributed by atoms with van der Waals surface area (Å²) in [4.78, 5) is 0. The van der Waals surface area contributed by atoms with Gasteiger partial charge in [0, 0.05) is 6.54 Å². The molecule has 0 aromatic carbocycles. The van der Waals surface area contributed by atoms with Gasteiger partial charge in [-0.3, -0.25) is 0 Å². The second-order valence-electron chi connectivity index (χ2n) is 2.14. The maximum Gasteiger partial charge on any atom is 0.0610 e. The molecule has 0 spiro atoms. The highest BCUT2D eigenvalue weighted by Crippen LogP contribution is 2.12. The summed E-state index contributed by atoms with van der Waals surface area (Å²) in [5.41, 5.74) is 0. The third kappa shape index (κ3) is 0.992. The maximum atomic E-state index is 8.86. The predicted molar refractivity (Wildman–Crippen MR) is 28.6 cm³/mol. The summed E-state index contributed by atoms with van der Waals surface area (Å²) in [6.07, 6.45) is 1.93. The molecule has 1 aliphatic heterocycles. The summed E-state index contributed by atoms with van der Waals surface area (Å²) in [5.74, 6) is 0. The van der Waals surface area contributed by atoms with Crippen LogP contribution in [0.25, 0.3) is 0 Å². The van der Waals surface area contributed by atoms with Crippen molar-refractivity contribution in [3.8, 4) is 0 Å². The van der Waals surface area contributed by atoms with Gasteiger partial charge in [-0.15, -0.1) is 0 Å². The van der Waals surface area contributed by atoms with Gasteiger partial charge < -0.3 is 10.3 Å². The van der Waals surface area contributed by atoms with E-state index in [2.05, 4.69) is 0 Å². The molecule has 0 unspecified atom stereocenters. The van der Waals surface area contributed by atoms with Crippen LogP contribution in [-0.4, -0.2) is 34.6 Å². The summed E-state index contributed by atoms with van der Waals surface area (Å²) in [5, 5.41) is 18.6. The van der Waals surface area contributed by atoms with Crippen LogP contribution < -0.4 is 0 Å². The van der Waals surface area contributed by atoms with Crippen molar-refractivity contribution in [2.75, 3.05) is 13.2 Å². The van der Waals surface area contributed by atoms with Gasteiger partial charge in [0.05, 0.1) is 12.6 Å². The molecule has 2 N–H and O–H groups in total. The lowest BCUT2D eigenvalue weighted by Gasteiger charge is -2.12. The SMILES string of the molecule is OC[C@H]1CCCN1O. The molecule has 0 bridgehead atoms. The number of nitrogens with zero attached hydrogens (tertiary/aromatic N) is 1. The fourth-order valence-electron chi connectivity index (χ4n) is 1.01. The molecule has 0 aromatic rings. The van der Waals surface area contributed by atoms with Crippen LogP contribution in [0.1, 0.15) is 12.8 Å². The quantitative estimate of drug-likeness (QED) is 0.501. The zero-order valence-electron chi connectivity index (χ0n) is 4.75. The standard InChI is InChI=1S/C5H11NO2/c7-4-5-2-1-3-6(5)8/h5,7-8H,1-4H2/t5-/m1/s1. The second-order valence-corrected chi connectivity index (χ2v) is 2.14. The van der Waals surface area contributed by atoms with Gasteiger partial charge in [0.25, 0.3) is 0 Å². The predicted octanol–water partition coefficient (Wildman–Crippen LogP) is -0.168. The fraction of sp³-hybridized carbons (Fsp3) is 1.00. The number of aliphatic hydroxyl groups excluding tert-OH is 1. The van der Waals surface area contributed by atoms with E-state index >= 15 is 0 Å². The van der Waals surface area contributed by atoms with E-state index in [9.17, 15) is 0 Å². The smallest absolute Gasteiger partial charge is 0.0610 e. The van der Waals surface area contributed by atoms with Gasteiger partial charge in [-0.05, 0) is 12.8 Å². The maximum absolute atomic E-state index is 8.86. The van der Waals surface area contributed by atoms with E-state index in [1.807, 2.05) is 0 Å². The molecule has 1 rings (SSSR count). The van der Waals surface area contributed by atoms with Crippen molar-refractivity contribution >= 4 is 0 Å². The van der Waals surface area contributed by atoms with Gasteiger partial charge in [0.2, 0.25) is 0 Å². The lowest BCUT2D eigenvalue weighted by Crippen LogP contribution is -2.28. The van der Waals surface area contributed by atoms with Crippen LogP contribution in [0.3, 0.4) is 0 Å². The summed E-state index contributed by atoms with van der Waals surface area (Å²) < 4.78 is 0. The van der Waals surface area contributed by atoms with Crippen molar-refractivity contribution in [3.05, 3.63) is 0 Å². The van der Waals surface area contributed by atoms with Gasteiger partial charge in [0.15, 0.2) is 0 Å². The normalized spacial score (nSPS) is 31.5. The molecule has 3 heteroatoms. The second kappa shape index (κ2) is 2.44. The first-order valence-electron chi connectivity index (χ1n) is 2.91. The van der Waals surface area contributed by atoms with Gasteiger partial charge >= 0.3 is 0 Å². The number of hydroxylamine groups is 2. The molecular weight excluding hydrogens is 106 g/mol. The van der Waals surface area contributed by atoms with Gasteiger partial charge in [-0.25, -0.2) is 0 Å².